The van der Waals surface area contributed by atoms with Gasteiger partial charge in [-0.1, -0.05) is 33.6 Å². The van der Waals surface area contributed by atoms with Crippen molar-refractivity contribution in [2.75, 3.05) is 5.33 Å². The Hall–Kier alpha value is -0.910. The van der Waals surface area contributed by atoms with Gasteiger partial charge in [-0.2, -0.15) is 0 Å². The van der Waals surface area contributed by atoms with Gasteiger partial charge in [-0.25, -0.2) is 4.79 Å². The van der Waals surface area contributed by atoms with E-state index in [0.717, 1.165) is 0 Å². The summed E-state index contributed by atoms with van der Waals surface area (Å²) in [5.74, 6) is -1.48. The van der Waals surface area contributed by atoms with Crippen LogP contribution in [0.1, 0.15) is 17.2 Å². The van der Waals surface area contributed by atoms with Crippen molar-refractivity contribution >= 4 is 39.3 Å². The standard InChI is InChI=1S/C11H10BrClO4/c12-5-8(14)4-6-3-7(13)1-2-9(6)10(15)11(16)17/h1-3,10,15H,4-5H2,(H,16,17). The zero-order valence-electron chi connectivity index (χ0n) is 8.69. The van der Waals surface area contributed by atoms with E-state index in [0.29, 0.717) is 10.6 Å². The lowest BCUT2D eigenvalue weighted by Gasteiger charge is -2.12. The van der Waals surface area contributed by atoms with E-state index in [-0.39, 0.29) is 23.1 Å². The first kappa shape index (κ1) is 14.2. The number of hydrogen-bond donors (Lipinski definition) is 2. The smallest absolute Gasteiger partial charge is 0.337 e. The number of carbonyl (C=O) groups excluding carboxylic acids is 1. The summed E-state index contributed by atoms with van der Waals surface area (Å²) >= 11 is 8.80. The Morgan fingerprint density at radius 3 is 2.59 bits per heavy atom. The molecule has 0 aromatic heterocycles. The van der Waals surface area contributed by atoms with Crippen molar-refractivity contribution in [3.05, 3.63) is 34.3 Å². The summed E-state index contributed by atoms with van der Waals surface area (Å²) in [7, 11) is 0. The van der Waals surface area contributed by atoms with Gasteiger partial charge >= 0.3 is 5.97 Å². The maximum atomic E-state index is 11.3. The summed E-state index contributed by atoms with van der Waals surface area (Å²) in [6, 6.07) is 4.38. The molecule has 1 aromatic rings. The van der Waals surface area contributed by atoms with E-state index in [2.05, 4.69) is 15.9 Å². The van der Waals surface area contributed by atoms with Gasteiger partial charge in [0.1, 0.15) is 5.78 Å². The van der Waals surface area contributed by atoms with Gasteiger partial charge in [0.25, 0.3) is 0 Å². The predicted molar refractivity (Wildman–Crippen MR) is 66.6 cm³/mol. The molecule has 0 aliphatic heterocycles. The minimum Gasteiger partial charge on any atom is -0.479 e. The van der Waals surface area contributed by atoms with Gasteiger partial charge in [0.05, 0.1) is 5.33 Å². The molecule has 0 fully saturated rings. The number of aliphatic carboxylic acids is 1. The molecule has 0 saturated heterocycles. The highest BCUT2D eigenvalue weighted by Gasteiger charge is 2.20. The van der Waals surface area contributed by atoms with E-state index in [1.54, 1.807) is 0 Å². The predicted octanol–water partition coefficient (Wildman–Crippen LogP) is 1.96. The summed E-state index contributed by atoms with van der Waals surface area (Å²) in [5, 5.41) is 18.8. The van der Waals surface area contributed by atoms with Crippen molar-refractivity contribution in [1.82, 2.24) is 0 Å². The van der Waals surface area contributed by atoms with Gasteiger partial charge in [0.2, 0.25) is 0 Å². The second-order valence-corrected chi connectivity index (χ2v) is 4.43. The minimum atomic E-state index is -1.65. The molecule has 0 aliphatic rings. The molecule has 1 atom stereocenters. The molecule has 2 N–H and O–H groups in total. The molecule has 1 rings (SSSR count). The van der Waals surface area contributed by atoms with Crippen LogP contribution >= 0.6 is 27.5 Å². The number of halogens is 2. The first-order chi connectivity index (χ1) is 7.95. The van der Waals surface area contributed by atoms with Gasteiger partial charge < -0.3 is 10.2 Å². The van der Waals surface area contributed by atoms with Crippen molar-refractivity contribution in [3.63, 3.8) is 0 Å². The van der Waals surface area contributed by atoms with E-state index >= 15 is 0 Å². The summed E-state index contributed by atoms with van der Waals surface area (Å²) < 4.78 is 0. The lowest BCUT2D eigenvalue weighted by atomic mass is 9.98. The largest absolute Gasteiger partial charge is 0.479 e. The SMILES string of the molecule is O=C(CBr)Cc1cc(Cl)ccc1C(O)C(=O)O. The Morgan fingerprint density at radius 2 is 2.06 bits per heavy atom. The van der Waals surface area contributed by atoms with E-state index < -0.39 is 12.1 Å². The van der Waals surface area contributed by atoms with Gasteiger partial charge in [0.15, 0.2) is 6.10 Å². The fourth-order valence-corrected chi connectivity index (χ4v) is 1.78. The maximum absolute atomic E-state index is 11.3. The number of hydrogen-bond acceptors (Lipinski definition) is 3. The highest BCUT2D eigenvalue weighted by Crippen LogP contribution is 2.23. The highest BCUT2D eigenvalue weighted by atomic mass is 79.9. The van der Waals surface area contributed by atoms with E-state index in [4.69, 9.17) is 16.7 Å². The Labute approximate surface area is 111 Å². The van der Waals surface area contributed by atoms with Crippen LogP contribution in [0.2, 0.25) is 5.02 Å². The third-order valence-corrected chi connectivity index (χ3v) is 3.03. The molecule has 6 heteroatoms. The van der Waals surface area contributed by atoms with Crippen LogP contribution in [0, 0.1) is 0 Å². The van der Waals surface area contributed by atoms with Crippen molar-refractivity contribution < 1.29 is 19.8 Å². The maximum Gasteiger partial charge on any atom is 0.337 e. The molecule has 1 aromatic carbocycles. The summed E-state index contributed by atoms with van der Waals surface area (Å²) in [5.41, 5.74) is 0.619. The minimum absolute atomic E-state index is 0.0332. The van der Waals surface area contributed by atoms with Crippen molar-refractivity contribution in [1.29, 1.82) is 0 Å². The number of rotatable bonds is 5. The Kier molecular flexibility index (Phi) is 5.11. The number of Topliss-reactive ketones (excluding diaryl/α,β-unsaturated/α-hetero) is 1. The average Bonchev–Trinajstić information content (AvgIpc) is 2.28. The number of aliphatic hydroxyl groups is 1. The second kappa shape index (κ2) is 6.14. The number of carboxylic acid groups (broad SMARTS) is 1. The lowest BCUT2D eigenvalue weighted by Crippen LogP contribution is -2.15. The number of carboxylic acids is 1. The van der Waals surface area contributed by atoms with Crippen LogP contribution in [0.15, 0.2) is 18.2 Å². The molecule has 17 heavy (non-hydrogen) atoms. The van der Waals surface area contributed by atoms with Crippen molar-refractivity contribution in [3.8, 4) is 0 Å². The van der Waals surface area contributed by atoms with Crippen molar-refractivity contribution in [2.24, 2.45) is 0 Å². The van der Waals surface area contributed by atoms with Crippen LogP contribution in [0.25, 0.3) is 0 Å². The van der Waals surface area contributed by atoms with Crippen molar-refractivity contribution in [2.45, 2.75) is 12.5 Å². The van der Waals surface area contributed by atoms with Crippen LogP contribution in [0.5, 0.6) is 0 Å². The number of alkyl halides is 1. The molecule has 0 heterocycles. The summed E-state index contributed by atoms with van der Waals surface area (Å²) in [6.07, 6.45) is -1.61. The zero-order chi connectivity index (χ0) is 13.0. The Bertz CT molecular complexity index is 447. The fraction of sp³-hybridized carbons (Fsp3) is 0.273. The Balaban J connectivity index is 3.11. The van der Waals surface area contributed by atoms with E-state index in [1.165, 1.54) is 18.2 Å². The molecule has 4 nitrogen and oxygen atoms in total. The van der Waals surface area contributed by atoms with E-state index in [9.17, 15) is 14.7 Å². The molecule has 0 bridgehead atoms. The molecule has 0 amide bonds. The molecule has 0 spiro atoms. The number of benzene rings is 1. The Morgan fingerprint density at radius 1 is 1.41 bits per heavy atom. The van der Waals surface area contributed by atoms with Gasteiger partial charge in [-0.05, 0) is 23.3 Å². The average molecular weight is 322 g/mol. The molecule has 0 saturated carbocycles. The molecular weight excluding hydrogens is 311 g/mol. The normalized spacial score (nSPS) is 12.2. The molecule has 92 valence electrons. The third kappa shape index (κ3) is 3.80. The van der Waals surface area contributed by atoms with Gasteiger partial charge in [-0.3, -0.25) is 4.79 Å². The van der Waals surface area contributed by atoms with Crippen LogP contribution in [0.4, 0.5) is 0 Å². The first-order valence-corrected chi connectivity index (χ1v) is 6.22. The van der Waals surface area contributed by atoms with Crippen LogP contribution < -0.4 is 0 Å². The topological polar surface area (TPSA) is 74.6 Å². The fourth-order valence-electron chi connectivity index (χ4n) is 1.39. The van der Waals surface area contributed by atoms with E-state index in [1.807, 2.05) is 0 Å². The highest BCUT2D eigenvalue weighted by molar-refractivity contribution is 9.09. The number of aliphatic hydroxyl groups excluding tert-OH is 1. The molecule has 1 unspecified atom stereocenters. The second-order valence-electron chi connectivity index (χ2n) is 3.43. The van der Waals surface area contributed by atoms with Gasteiger partial charge in [0, 0.05) is 11.4 Å². The number of ketones is 1. The lowest BCUT2D eigenvalue weighted by molar-refractivity contribution is -0.147. The quantitative estimate of drug-likeness (QED) is 0.813. The summed E-state index contributed by atoms with van der Waals surface area (Å²) in [4.78, 5) is 22.0. The van der Waals surface area contributed by atoms with Gasteiger partial charge in [-0.15, -0.1) is 0 Å². The van der Waals surface area contributed by atoms with Crippen LogP contribution in [-0.4, -0.2) is 27.3 Å². The van der Waals surface area contributed by atoms with Crippen LogP contribution in [-0.2, 0) is 16.0 Å². The monoisotopic (exact) mass is 320 g/mol. The zero-order valence-corrected chi connectivity index (χ0v) is 11.0. The molecule has 0 radical (unpaired) electrons. The first-order valence-electron chi connectivity index (χ1n) is 4.72. The molecule has 0 aliphatic carbocycles. The number of carbonyl (C=O) groups is 2. The third-order valence-electron chi connectivity index (χ3n) is 2.17. The van der Waals surface area contributed by atoms with Crippen LogP contribution in [0.3, 0.4) is 0 Å². The summed E-state index contributed by atoms with van der Waals surface area (Å²) in [6.45, 7) is 0. The molecular formula is C11H10BrClO4.